The van der Waals surface area contributed by atoms with Crippen molar-refractivity contribution >= 4 is 7.26 Å². The van der Waals surface area contributed by atoms with Crippen LogP contribution in [-0.4, -0.2) is 37.9 Å². The SMILES string of the molecule is C[P+](C)(C)CCCCCCCCCCCCO. The number of rotatable bonds is 12. The molecule has 104 valence electrons. The molecule has 0 radical (unpaired) electrons. The van der Waals surface area contributed by atoms with Gasteiger partial charge < -0.3 is 5.11 Å². The Bertz CT molecular complexity index is 151. The zero-order chi connectivity index (χ0) is 13.0. The number of hydrogen-bond donors (Lipinski definition) is 1. The fourth-order valence-corrected chi connectivity index (χ4v) is 3.28. The fourth-order valence-electron chi connectivity index (χ4n) is 2.11. The standard InChI is InChI=1S/C15H34OP/c1-17(2,3)15-13-11-9-7-5-4-6-8-10-12-14-16/h16H,4-15H2,1-3H3/q+1. The van der Waals surface area contributed by atoms with Crippen LogP contribution < -0.4 is 0 Å². The van der Waals surface area contributed by atoms with Crippen molar-refractivity contribution in [1.82, 2.24) is 0 Å². The predicted molar refractivity (Wildman–Crippen MR) is 82.8 cm³/mol. The summed E-state index contributed by atoms with van der Waals surface area (Å²) in [7, 11) is -0.513. The van der Waals surface area contributed by atoms with E-state index in [1.165, 1.54) is 63.9 Å². The van der Waals surface area contributed by atoms with E-state index in [0.717, 1.165) is 6.42 Å². The lowest BCUT2D eigenvalue weighted by molar-refractivity contribution is 0.282. The molecule has 0 atom stereocenters. The van der Waals surface area contributed by atoms with Crippen LogP contribution in [-0.2, 0) is 0 Å². The molecule has 0 fully saturated rings. The summed E-state index contributed by atoms with van der Waals surface area (Å²) in [5.74, 6) is 0. The van der Waals surface area contributed by atoms with Crippen molar-refractivity contribution in [2.75, 3.05) is 32.8 Å². The number of aliphatic hydroxyl groups is 1. The van der Waals surface area contributed by atoms with Gasteiger partial charge in [-0.3, -0.25) is 0 Å². The molecule has 0 rings (SSSR count). The van der Waals surface area contributed by atoms with Crippen LogP contribution in [0.4, 0.5) is 0 Å². The lowest BCUT2D eigenvalue weighted by atomic mass is 10.1. The fraction of sp³-hybridized carbons (Fsp3) is 1.00. The van der Waals surface area contributed by atoms with E-state index in [9.17, 15) is 0 Å². The zero-order valence-corrected chi connectivity index (χ0v) is 13.3. The number of aliphatic hydroxyl groups excluding tert-OH is 1. The van der Waals surface area contributed by atoms with Crippen LogP contribution in [0.25, 0.3) is 0 Å². The van der Waals surface area contributed by atoms with Gasteiger partial charge in [-0.2, -0.15) is 0 Å². The maximum absolute atomic E-state index is 8.65. The van der Waals surface area contributed by atoms with Gasteiger partial charge in [0.1, 0.15) is 0 Å². The van der Waals surface area contributed by atoms with Crippen molar-refractivity contribution < 1.29 is 5.11 Å². The molecule has 0 bridgehead atoms. The lowest BCUT2D eigenvalue weighted by Crippen LogP contribution is -1.93. The third-order valence-corrected chi connectivity index (χ3v) is 4.89. The molecule has 0 saturated heterocycles. The second-order valence-electron chi connectivity index (χ2n) is 6.27. The Labute approximate surface area is 110 Å². The largest absolute Gasteiger partial charge is 0.396 e. The van der Waals surface area contributed by atoms with E-state index < -0.39 is 7.26 Å². The highest BCUT2D eigenvalue weighted by molar-refractivity contribution is 7.73. The zero-order valence-electron chi connectivity index (χ0n) is 12.4. The summed E-state index contributed by atoms with van der Waals surface area (Å²) >= 11 is 0. The van der Waals surface area contributed by atoms with Crippen LogP contribution in [0, 0.1) is 0 Å². The molecule has 0 saturated carbocycles. The molecule has 0 aliphatic carbocycles. The Balaban J connectivity index is 2.99. The van der Waals surface area contributed by atoms with Gasteiger partial charge in [-0.15, -0.1) is 0 Å². The Kier molecular flexibility index (Phi) is 11.7. The van der Waals surface area contributed by atoms with Crippen LogP contribution in [0.5, 0.6) is 0 Å². The van der Waals surface area contributed by atoms with Crippen LogP contribution in [0.2, 0.25) is 0 Å². The Morgan fingerprint density at radius 1 is 0.588 bits per heavy atom. The Morgan fingerprint density at radius 3 is 1.29 bits per heavy atom. The van der Waals surface area contributed by atoms with Crippen LogP contribution >= 0.6 is 7.26 Å². The summed E-state index contributed by atoms with van der Waals surface area (Å²) in [6.45, 7) is 7.70. The molecular weight excluding hydrogens is 227 g/mol. The minimum atomic E-state index is -0.513. The first-order valence-corrected chi connectivity index (χ1v) is 10.8. The maximum Gasteiger partial charge on any atom is 0.0586 e. The molecule has 2 heteroatoms. The highest BCUT2D eigenvalue weighted by Crippen LogP contribution is 2.47. The van der Waals surface area contributed by atoms with Crippen LogP contribution in [0.1, 0.15) is 64.2 Å². The van der Waals surface area contributed by atoms with E-state index in [2.05, 4.69) is 20.0 Å². The molecule has 0 aliphatic rings. The maximum atomic E-state index is 8.65. The second-order valence-corrected chi connectivity index (χ2v) is 11.3. The van der Waals surface area contributed by atoms with Crippen molar-refractivity contribution in [3.63, 3.8) is 0 Å². The average molecular weight is 261 g/mol. The molecule has 0 aromatic carbocycles. The van der Waals surface area contributed by atoms with Gasteiger partial charge in [-0.05, 0) is 19.3 Å². The molecule has 0 unspecified atom stereocenters. The molecule has 0 amide bonds. The molecule has 1 nitrogen and oxygen atoms in total. The summed E-state index contributed by atoms with van der Waals surface area (Å²) in [6, 6.07) is 0. The van der Waals surface area contributed by atoms with E-state index >= 15 is 0 Å². The van der Waals surface area contributed by atoms with Crippen molar-refractivity contribution in [3.05, 3.63) is 0 Å². The number of hydrogen-bond acceptors (Lipinski definition) is 1. The van der Waals surface area contributed by atoms with Crippen molar-refractivity contribution in [2.45, 2.75) is 64.2 Å². The van der Waals surface area contributed by atoms with Gasteiger partial charge in [0.05, 0.1) is 6.16 Å². The van der Waals surface area contributed by atoms with Crippen LogP contribution in [0.3, 0.4) is 0 Å². The summed E-state index contributed by atoms with van der Waals surface area (Å²) < 4.78 is 0. The van der Waals surface area contributed by atoms with E-state index in [1.54, 1.807) is 0 Å². The van der Waals surface area contributed by atoms with Gasteiger partial charge in [-0.25, -0.2) is 0 Å². The molecule has 0 aliphatic heterocycles. The molecular formula is C15H34OP+. The smallest absolute Gasteiger partial charge is 0.0586 e. The first kappa shape index (κ1) is 17.4. The quantitative estimate of drug-likeness (QED) is 0.396. The summed E-state index contributed by atoms with van der Waals surface area (Å²) in [5, 5.41) is 8.65. The number of unbranched alkanes of at least 4 members (excludes halogenated alkanes) is 9. The third kappa shape index (κ3) is 16.4. The molecule has 0 aromatic rings. The molecule has 17 heavy (non-hydrogen) atoms. The summed E-state index contributed by atoms with van der Waals surface area (Å²) in [6.07, 6.45) is 15.0. The van der Waals surface area contributed by atoms with Crippen molar-refractivity contribution in [3.8, 4) is 0 Å². The van der Waals surface area contributed by atoms with E-state index in [0.29, 0.717) is 6.61 Å². The van der Waals surface area contributed by atoms with Gasteiger partial charge >= 0.3 is 0 Å². The molecule has 1 N–H and O–H groups in total. The second kappa shape index (κ2) is 11.5. The van der Waals surface area contributed by atoms with Gasteiger partial charge in [0, 0.05) is 33.9 Å². The minimum Gasteiger partial charge on any atom is -0.396 e. The van der Waals surface area contributed by atoms with Crippen LogP contribution in [0.15, 0.2) is 0 Å². The van der Waals surface area contributed by atoms with Crippen molar-refractivity contribution in [2.24, 2.45) is 0 Å². The Hall–Kier alpha value is 0.390. The summed E-state index contributed by atoms with van der Waals surface area (Å²) in [4.78, 5) is 0. The van der Waals surface area contributed by atoms with Gasteiger partial charge in [-0.1, -0.05) is 44.9 Å². The monoisotopic (exact) mass is 261 g/mol. The highest BCUT2D eigenvalue weighted by atomic mass is 31.2. The van der Waals surface area contributed by atoms with Gasteiger partial charge in [0.15, 0.2) is 0 Å². The highest BCUT2D eigenvalue weighted by Gasteiger charge is 2.15. The normalized spacial score (nSPS) is 12.0. The first-order chi connectivity index (χ1) is 8.06. The Morgan fingerprint density at radius 2 is 0.941 bits per heavy atom. The van der Waals surface area contributed by atoms with Crippen molar-refractivity contribution in [1.29, 1.82) is 0 Å². The molecule has 0 aromatic heterocycles. The lowest BCUT2D eigenvalue weighted by Gasteiger charge is -2.10. The van der Waals surface area contributed by atoms with E-state index in [4.69, 9.17) is 5.11 Å². The minimum absolute atomic E-state index is 0.371. The van der Waals surface area contributed by atoms with Gasteiger partial charge in [0.2, 0.25) is 0 Å². The predicted octanol–water partition coefficient (Wildman–Crippen LogP) is 4.79. The topological polar surface area (TPSA) is 20.2 Å². The molecule has 0 heterocycles. The average Bonchev–Trinajstić information content (AvgIpc) is 2.24. The van der Waals surface area contributed by atoms with E-state index in [-0.39, 0.29) is 0 Å². The van der Waals surface area contributed by atoms with Gasteiger partial charge in [0.25, 0.3) is 0 Å². The third-order valence-electron chi connectivity index (χ3n) is 3.24. The summed E-state index contributed by atoms with van der Waals surface area (Å²) in [5.41, 5.74) is 0. The first-order valence-electron chi connectivity index (χ1n) is 7.47. The molecule has 0 spiro atoms. The van der Waals surface area contributed by atoms with E-state index in [1.807, 2.05) is 0 Å².